The SMILES string of the molecule is O=C(O)c1ccc(SCCCCCO)nc1. The van der Waals surface area contributed by atoms with Gasteiger partial charge >= 0.3 is 5.97 Å². The average molecular weight is 241 g/mol. The number of aliphatic hydroxyl groups excluding tert-OH is 1. The Labute approximate surface area is 98.7 Å². The van der Waals surface area contributed by atoms with Gasteiger partial charge in [0, 0.05) is 12.8 Å². The second-order valence-corrected chi connectivity index (χ2v) is 4.44. The van der Waals surface area contributed by atoms with Crippen molar-refractivity contribution in [3.05, 3.63) is 23.9 Å². The van der Waals surface area contributed by atoms with Crippen molar-refractivity contribution in [2.45, 2.75) is 24.3 Å². The van der Waals surface area contributed by atoms with E-state index in [1.807, 2.05) is 0 Å². The van der Waals surface area contributed by atoms with Gasteiger partial charge in [-0.1, -0.05) is 6.42 Å². The lowest BCUT2D eigenvalue weighted by atomic mass is 10.3. The topological polar surface area (TPSA) is 70.4 Å². The van der Waals surface area contributed by atoms with Crippen LogP contribution in [0.3, 0.4) is 0 Å². The minimum absolute atomic E-state index is 0.213. The van der Waals surface area contributed by atoms with Crippen molar-refractivity contribution in [2.24, 2.45) is 0 Å². The number of nitrogens with zero attached hydrogens (tertiary/aromatic N) is 1. The van der Waals surface area contributed by atoms with Gasteiger partial charge in [-0.05, 0) is 30.7 Å². The van der Waals surface area contributed by atoms with Crippen LogP contribution in [0.15, 0.2) is 23.4 Å². The van der Waals surface area contributed by atoms with Gasteiger partial charge in [-0.2, -0.15) is 0 Å². The van der Waals surface area contributed by atoms with Crippen LogP contribution in [-0.2, 0) is 0 Å². The van der Waals surface area contributed by atoms with Crippen LogP contribution in [0.5, 0.6) is 0 Å². The molecule has 0 bridgehead atoms. The van der Waals surface area contributed by atoms with E-state index in [-0.39, 0.29) is 12.2 Å². The van der Waals surface area contributed by atoms with Gasteiger partial charge in [0.15, 0.2) is 0 Å². The highest BCUT2D eigenvalue weighted by Crippen LogP contribution is 2.17. The predicted octanol–water partition coefficient (Wildman–Crippen LogP) is 2.03. The maximum atomic E-state index is 10.6. The molecule has 0 fully saturated rings. The first kappa shape index (κ1) is 13.0. The number of hydrogen-bond acceptors (Lipinski definition) is 4. The number of aliphatic hydroxyl groups is 1. The van der Waals surface area contributed by atoms with Gasteiger partial charge in [-0.25, -0.2) is 9.78 Å². The van der Waals surface area contributed by atoms with Crippen LogP contribution in [0.2, 0.25) is 0 Å². The second-order valence-electron chi connectivity index (χ2n) is 3.32. The standard InChI is InChI=1S/C11H15NO3S/c13-6-2-1-3-7-16-10-5-4-9(8-12-10)11(14)15/h4-5,8,13H,1-3,6-7H2,(H,14,15). The van der Waals surface area contributed by atoms with Gasteiger partial charge in [0.25, 0.3) is 0 Å². The molecule has 0 saturated heterocycles. The molecule has 0 aliphatic carbocycles. The van der Waals surface area contributed by atoms with Crippen LogP contribution in [-0.4, -0.2) is 33.5 Å². The monoisotopic (exact) mass is 241 g/mol. The molecule has 0 unspecified atom stereocenters. The second kappa shape index (κ2) is 7.24. The van der Waals surface area contributed by atoms with E-state index in [2.05, 4.69) is 4.98 Å². The summed E-state index contributed by atoms with van der Waals surface area (Å²) < 4.78 is 0. The number of carbonyl (C=O) groups is 1. The fourth-order valence-corrected chi connectivity index (χ4v) is 2.01. The van der Waals surface area contributed by atoms with Crippen LogP contribution in [0.4, 0.5) is 0 Å². The zero-order chi connectivity index (χ0) is 11.8. The van der Waals surface area contributed by atoms with Crippen molar-refractivity contribution in [1.29, 1.82) is 0 Å². The van der Waals surface area contributed by atoms with E-state index >= 15 is 0 Å². The number of carboxylic acid groups (broad SMARTS) is 1. The minimum Gasteiger partial charge on any atom is -0.478 e. The van der Waals surface area contributed by atoms with E-state index in [1.165, 1.54) is 6.20 Å². The summed E-state index contributed by atoms with van der Waals surface area (Å²) in [7, 11) is 0. The molecule has 5 heteroatoms. The lowest BCUT2D eigenvalue weighted by Gasteiger charge is -2.01. The first-order valence-electron chi connectivity index (χ1n) is 5.17. The number of aromatic nitrogens is 1. The van der Waals surface area contributed by atoms with E-state index in [4.69, 9.17) is 10.2 Å². The molecule has 2 N–H and O–H groups in total. The number of rotatable bonds is 7. The Morgan fingerprint density at radius 2 is 2.12 bits per heavy atom. The highest BCUT2D eigenvalue weighted by atomic mass is 32.2. The molecular formula is C11H15NO3S. The maximum absolute atomic E-state index is 10.6. The Morgan fingerprint density at radius 1 is 1.31 bits per heavy atom. The summed E-state index contributed by atoms with van der Waals surface area (Å²) in [5.74, 6) is -0.00799. The quantitative estimate of drug-likeness (QED) is 0.564. The van der Waals surface area contributed by atoms with Crippen molar-refractivity contribution in [3.63, 3.8) is 0 Å². The molecule has 0 aromatic carbocycles. The van der Waals surface area contributed by atoms with Crippen LogP contribution in [0.25, 0.3) is 0 Å². The summed E-state index contributed by atoms with van der Waals surface area (Å²) >= 11 is 1.61. The summed E-state index contributed by atoms with van der Waals surface area (Å²) in [6.07, 6.45) is 4.26. The average Bonchev–Trinajstić information content (AvgIpc) is 2.29. The number of aromatic carboxylic acids is 1. The molecule has 1 aromatic heterocycles. The molecule has 88 valence electrons. The third-order valence-electron chi connectivity index (χ3n) is 2.04. The largest absolute Gasteiger partial charge is 0.478 e. The molecule has 0 saturated carbocycles. The normalized spacial score (nSPS) is 10.3. The van der Waals surface area contributed by atoms with Crippen LogP contribution in [0.1, 0.15) is 29.6 Å². The molecule has 1 aromatic rings. The van der Waals surface area contributed by atoms with Crippen LogP contribution < -0.4 is 0 Å². The number of carboxylic acids is 1. The first-order chi connectivity index (χ1) is 7.74. The number of hydrogen-bond donors (Lipinski definition) is 2. The highest BCUT2D eigenvalue weighted by molar-refractivity contribution is 7.99. The molecule has 1 heterocycles. The molecule has 0 atom stereocenters. The van der Waals surface area contributed by atoms with Crippen LogP contribution >= 0.6 is 11.8 Å². The summed E-state index contributed by atoms with van der Waals surface area (Å²) in [6, 6.07) is 3.28. The van der Waals surface area contributed by atoms with Gasteiger partial charge in [0.05, 0.1) is 10.6 Å². The maximum Gasteiger partial charge on any atom is 0.337 e. The zero-order valence-electron chi connectivity index (χ0n) is 8.93. The van der Waals surface area contributed by atoms with Gasteiger partial charge in [0.1, 0.15) is 0 Å². The Hall–Kier alpha value is -1.07. The van der Waals surface area contributed by atoms with Crippen molar-refractivity contribution in [3.8, 4) is 0 Å². The van der Waals surface area contributed by atoms with Crippen molar-refractivity contribution < 1.29 is 15.0 Å². The van der Waals surface area contributed by atoms with E-state index in [1.54, 1.807) is 23.9 Å². The number of pyridine rings is 1. The van der Waals surface area contributed by atoms with Gasteiger partial charge in [-0.3, -0.25) is 0 Å². The summed E-state index contributed by atoms with van der Waals surface area (Å²) in [6.45, 7) is 0.246. The van der Waals surface area contributed by atoms with E-state index in [0.29, 0.717) is 0 Å². The Bertz CT molecular complexity index is 327. The van der Waals surface area contributed by atoms with E-state index in [9.17, 15) is 4.79 Å². The smallest absolute Gasteiger partial charge is 0.337 e. The first-order valence-corrected chi connectivity index (χ1v) is 6.15. The lowest BCUT2D eigenvalue weighted by Crippen LogP contribution is -1.96. The van der Waals surface area contributed by atoms with E-state index < -0.39 is 5.97 Å². The van der Waals surface area contributed by atoms with Gasteiger partial charge in [-0.15, -0.1) is 11.8 Å². The lowest BCUT2D eigenvalue weighted by molar-refractivity contribution is 0.0696. The van der Waals surface area contributed by atoms with Crippen molar-refractivity contribution >= 4 is 17.7 Å². The highest BCUT2D eigenvalue weighted by Gasteiger charge is 2.02. The predicted molar refractivity (Wildman–Crippen MR) is 62.9 cm³/mol. The molecule has 0 aliphatic rings. The molecule has 0 spiro atoms. The third-order valence-corrected chi connectivity index (χ3v) is 3.07. The molecule has 1 rings (SSSR count). The van der Waals surface area contributed by atoms with Gasteiger partial charge < -0.3 is 10.2 Å². The Kier molecular flexibility index (Phi) is 5.88. The summed E-state index contributed by atoms with van der Waals surface area (Å²) in [5.41, 5.74) is 0.213. The van der Waals surface area contributed by atoms with E-state index in [0.717, 1.165) is 30.0 Å². The van der Waals surface area contributed by atoms with Crippen LogP contribution in [0, 0.1) is 0 Å². The minimum atomic E-state index is -0.952. The number of thioether (sulfide) groups is 1. The zero-order valence-corrected chi connectivity index (χ0v) is 9.74. The molecular weight excluding hydrogens is 226 g/mol. The third kappa shape index (κ3) is 4.63. The fourth-order valence-electron chi connectivity index (χ4n) is 1.16. The van der Waals surface area contributed by atoms with Gasteiger partial charge in [0.2, 0.25) is 0 Å². The molecule has 16 heavy (non-hydrogen) atoms. The fraction of sp³-hybridized carbons (Fsp3) is 0.455. The van der Waals surface area contributed by atoms with Crippen molar-refractivity contribution in [2.75, 3.05) is 12.4 Å². The molecule has 0 radical (unpaired) electrons. The number of unbranched alkanes of at least 4 members (excludes halogenated alkanes) is 2. The van der Waals surface area contributed by atoms with Crippen molar-refractivity contribution in [1.82, 2.24) is 4.98 Å². The molecule has 0 amide bonds. The molecule has 0 aliphatic heterocycles. The molecule has 4 nitrogen and oxygen atoms in total. The Balaban J connectivity index is 2.29. The summed E-state index contributed by atoms with van der Waals surface area (Å²) in [4.78, 5) is 14.6. The Morgan fingerprint density at radius 3 is 2.69 bits per heavy atom. The summed E-state index contributed by atoms with van der Waals surface area (Å²) in [5, 5.41) is 18.1.